The van der Waals surface area contributed by atoms with Gasteiger partial charge in [-0.05, 0) is 13.8 Å². The monoisotopic (exact) mass is 222 g/mol. The molecule has 0 spiro atoms. The van der Waals surface area contributed by atoms with Crippen LogP contribution in [-0.2, 0) is 4.79 Å². The molecule has 4 heteroatoms. The molecule has 0 saturated heterocycles. The molecule has 0 radical (unpaired) electrons. The minimum atomic E-state index is -0.127. The molecule has 0 aliphatic heterocycles. The Balaban J connectivity index is 0. The Morgan fingerprint density at radius 3 is 2.45 bits per heavy atom. The van der Waals surface area contributed by atoms with Crippen molar-refractivity contribution in [2.24, 2.45) is 5.73 Å². The summed E-state index contributed by atoms with van der Waals surface area (Å²) in [4.78, 5) is 10.8. The van der Waals surface area contributed by atoms with E-state index in [4.69, 9.17) is 5.73 Å². The van der Waals surface area contributed by atoms with Crippen molar-refractivity contribution in [1.82, 2.24) is 5.32 Å². The van der Waals surface area contributed by atoms with Crippen LogP contribution in [0.4, 0.5) is 0 Å². The Morgan fingerprint density at radius 1 is 1.73 bits per heavy atom. The average molecular weight is 223 g/mol. The third kappa shape index (κ3) is 6.06. The van der Waals surface area contributed by atoms with Gasteiger partial charge >= 0.3 is 0 Å². The smallest absolute Gasteiger partial charge is 0.246 e. The van der Waals surface area contributed by atoms with Crippen LogP contribution < -0.4 is 11.1 Å². The third-order valence-corrected chi connectivity index (χ3v) is 1.12. The second-order valence-corrected chi connectivity index (χ2v) is 2.39. The fourth-order valence-electron chi connectivity index (χ4n) is 0.406. The van der Waals surface area contributed by atoms with Gasteiger partial charge < -0.3 is 11.1 Å². The lowest BCUT2D eigenvalue weighted by Gasteiger charge is -2.10. The summed E-state index contributed by atoms with van der Waals surface area (Å²) >= 11 is 0. The molecule has 0 bridgehead atoms. The van der Waals surface area contributed by atoms with Crippen LogP contribution in [0.3, 0.4) is 0 Å². The van der Waals surface area contributed by atoms with E-state index in [0.717, 1.165) is 0 Å². The molecule has 1 unspecified atom stereocenters. The van der Waals surface area contributed by atoms with E-state index in [9.17, 15) is 4.79 Å². The predicted octanol–water partition coefficient (Wildman–Crippen LogP) is 0.604. The van der Waals surface area contributed by atoms with E-state index >= 15 is 0 Å². The number of carbonyl (C=O) groups is 1. The van der Waals surface area contributed by atoms with Gasteiger partial charge in [0.05, 0.1) is 0 Å². The number of hydrogen-bond acceptors (Lipinski definition) is 2. The van der Waals surface area contributed by atoms with Gasteiger partial charge in [-0.25, -0.2) is 0 Å². The summed E-state index contributed by atoms with van der Waals surface area (Å²) in [5, 5.41) is 2.67. The molecule has 0 fully saturated rings. The molecule has 3 nitrogen and oxygen atoms in total. The number of hydrogen-bond donors (Lipinski definition) is 2. The van der Waals surface area contributed by atoms with Crippen LogP contribution >= 0.6 is 17.0 Å². The van der Waals surface area contributed by atoms with E-state index < -0.39 is 0 Å². The highest BCUT2D eigenvalue weighted by Gasteiger charge is 2.04. The van der Waals surface area contributed by atoms with E-state index in [0.29, 0.717) is 12.1 Å². The van der Waals surface area contributed by atoms with Crippen LogP contribution in [-0.4, -0.2) is 18.5 Å². The number of rotatable bonds is 3. The van der Waals surface area contributed by atoms with Crippen molar-refractivity contribution in [2.75, 3.05) is 6.54 Å². The van der Waals surface area contributed by atoms with E-state index in [-0.39, 0.29) is 28.9 Å². The molecule has 0 heterocycles. The van der Waals surface area contributed by atoms with Crippen LogP contribution in [0.25, 0.3) is 0 Å². The zero-order valence-electron chi connectivity index (χ0n) is 6.89. The first-order valence-corrected chi connectivity index (χ1v) is 3.24. The Kier molecular flexibility index (Phi) is 7.67. The molecule has 3 N–H and O–H groups in total. The maximum absolute atomic E-state index is 10.8. The van der Waals surface area contributed by atoms with Gasteiger partial charge in [0.2, 0.25) is 5.91 Å². The highest BCUT2D eigenvalue weighted by atomic mass is 79.9. The molecule has 0 saturated carbocycles. The van der Waals surface area contributed by atoms with Crippen LogP contribution in [0, 0.1) is 0 Å². The first kappa shape index (κ1) is 13.3. The van der Waals surface area contributed by atoms with Crippen molar-refractivity contribution in [2.45, 2.75) is 19.9 Å². The van der Waals surface area contributed by atoms with Crippen molar-refractivity contribution in [3.63, 3.8) is 0 Å². The highest BCUT2D eigenvalue weighted by Crippen LogP contribution is 1.87. The Hall–Kier alpha value is -0.350. The standard InChI is InChI=1S/C7H14N2O.BrH/c1-5(2)7(10)9-6(3)4-8;/h6H,1,4,8H2,2-3H3,(H,9,10);1H. The fourth-order valence-corrected chi connectivity index (χ4v) is 0.406. The zero-order chi connectivity index (χ0) is 8.15. The topological polar surface area (TPSA) is 55.1 Å². The normalized spacial score (nSPS) is 11.2. The van der Waals surface area contributed by atoms with Gasteiger partial charge in [-0.15, -0.1) is 17.0 Å². The van der Waals surface area contributed by atoms with Gasteiger partial charge in [0.25, 0.3) is 0 Å². The Morgan fingerprint density at radius 2 is 2.18 bits per heavy atom. The number of carbonyl (C=O) groups excluding carboxylic acids is 1. The Labute approximate surface area is 77.8 Å². The van der Waals surface area contributed by atoms with Crippen LogP contribution in [0.2, 0.25) is 0 Å². The summed E-state index contributed by atoms with van der Waals surface area (Å²) in [6.45, 7) is 7.46. The lowest BCUT2D eigenvalue weighted by Crippen LogP contribution is -2.37. The van der Waals surface area contributed by atoms with Gasteiger partial charge in [-0.3, -0.25) is 4.79 Å². The van der Waals surface area contributed by atoms with E-state index in [1.807, 2.05) is 6.92 Å². The largest absolute Gasteiger partial charge is 0.349 e. The molecule has 11 heavy (non-hydrogen) atoms. The highest BCUT2D eigenvalue weighted by molar-refractivity contribution is 8.93. The molecular formula is C7H15BrN2O. The summed E-state index contributed by atoms with van der Waals surface area (Å²) in [5.41, 5.74) is 5.79. The van der Waals surface area contributed by atoms with Crippen LogP contribution in [0.15, 0.2) is 12.2 Å². The number of amides is 1. The second kappa shape index (κ2) is 6.37. The Bertz CT molecular complexity index is 147. The first-order valence-electron chi connectivity index (χ1n) is 3.24. The number of nitrogens with one attached hydrogen (secondary N) is 1. The van der Waals surface area contributed by atoms with Crippen molar-refractivity contribution in [3.8, 4) is 0 Å². The molecule has 0 aromatic rings. The first-order chi connectivity index (χ1) is 4.57. The maximum Gasteiger partial charge on any atom is 0.246 e. The third-order valence-electron chi connectivity index (χ3n) is 1.12. The van der Waals surface area contributed by atoms with Crippen molar-refractivity contribution in [1.29, 1.82) is 0 Å². The summed E-state index contributed by atoms with van der Waals surface area (Å²) < 4.78 is 0. The molecular weight excluding hydrogens is 208 g/mol. The molecule has 1 atom stereocenters. The van der Waals surface area contributed by atoms with E-state index in [1.165, 1.54) is 0 Å². The van der Waals surface area contributed by atoms with Crippen molar-refractivity contribution >= 4 is 22.9 Å². The van der Waals surface area contributed by atoms with E-state index in [2.05, 4.69) is 11.9 Å². The summed E-state index contributed by atoms with van der Waals surface area (Å²) in [6, 6.07) is 0.0317. The minimum Gasteiger partial charge on any atom is -0.349 e. The fraction of sp³-hybridized carbons (Fsp3) is 0.571. The van der Waals surface area contributed by atoms with Gasteiger partial charge in [-0.1, -0.05) is 6.58 Å². The van der Waals surface area contributed by atoms with Gasteiger partial charge in [0.1, 0.15) is 0 Å². The molecule has 0 aromatic heterocycles. The van der Waals surface area contributed by atoms with Gasteiger partial charge in [-0.2, -0.15) is 0 Å². The molecule has 0 aliphatic carbocycles. The second-order valence-electron chi connectivity index (χ2n) is 2.39. The number of nitrogens with two attached hydrogens (primary N) is 1. The summed E-state index contributed by atoms with van der Waals surface area (Å²) in [6.07, 6.45) is 0. The summed E-state index contributed by atoms with van der Waals surface area (Å²) in [7, 11) is 0. The maximum atomic E-state index is 10.8. The molecule has 0 aromatic carbocycles. The lowest BCUT2D eigenvalue weighted by atomic mass is 10.3. The average Bonchev–Trinajstić information content (AvgIpc) is 1.87. The lowest BCUT2D eigenvalue weighted by molar-refractivity contribution is -0.117. The van der Waals surface area contributed by atoms with Crippen molar-refractivity contribution in [3.05, 3.63) is 12.2 Å². The van der Waals surface area contributed by atoms with Crippen LogP contribution in [0.5, 0.6) is 0 Å². The van der Waals surface area contributed by atoms with E-state index in [1.54, 1.807) is 6.92 Å². The van der Waals surface area contributed by atoms with Crippen LogP contribution in [0.1, 0.15) is 13.8 Å². The molecule has 0 rings (SSSR count). The summed E-state index contributed by atoms with van der Waals surface area (Å²) in [5.74, 6) is -0.127. The van der Waals surface area contributed by atoms with Gasteiger partial charge in [0, 0.05) is 18.2 Å². The molecule has 66 valence electrons. The predicted molar refractivity (Wildman–Crippen MR) is 51.8 cm³/mol. The van der Waals surface area contributed by atoms with Crippen molar-refractivity contribution < 1.29 is 4.79 Å². The molecule has 0 aliphatic rings. The molecule has 1 amide bonds. The zero-order valence-corrected chi connectivity index (χ0v) is 8.60. The SMILES string of the molecule is Br.C=C(C)C(=O)NC(C)CN. The quantitative estimate of drug-likeness (QED) is 0.688. The minimum absolute atomic E-state index is 0. The number of halogens is 1. The van der Waals surface area contributed by atoms with Gasteiger partial charge in [0.15, 0.2) is 0 Å².